The summed E-state index contributed by atoms with van der Waals surface area (Å²) in [6.45, 7) is 45.9. The highest BCUT2D eigenvalue weighted by molar-refractivity contribution is 5.75. The van der Waals surface area contributed by atoms with Crippen LogP contribution in [0, 0.1) is 10.1 Å². The number of nitrogens with one attached hydrogen (secondary N) is 3. The van der Waals surface area contributed by atoms with Gasteiger partial charge in [0.25, 0.3) is 5.69 Å². The largest absolute Gasteiger partial charge is 0.444 e. The highest BCUT2D eigenvalue weighted by Gasteiger charge is 2.24. The van der Waals surface area contributed by atoms with Crippen molar-refractivity contribution in [3.8, 4) is 5.75 Å². The lowest BCUT2D eigenvalue weighted by Crippen LogP contribution is -2.42. The Bertz CT molecular complexity index is 1850. The van der Waals surface area contributed by atoms with E-state index in [1.165, 1.54) is 147 Å². The summed E-state index contributed by atoms with van der Waals surface area (Å²) in [6.07, 6.45) is 32.6. The molecule has 0 aliphatic carbocycles. The molecule has 1 rings (SSSR count). The molecule has 0 atom stereocenters. The lowest BCUT2D eigenvalue weighted by Gasteiger charge is -2.27. The maximum Gasteiger partial charge on any atom is 0.412 e. The zero-order valence-electron chi connectivity index (χ0n) is 65.8. The highest BCUT2D eigenvalue weighted by atomic mass is 16.6. The number of nitro benzene ring substituents is 1. The summed E-state index contributed by atoms with van der Waals surface area (Å²) in [5, 5.41) is 19.5. The van der Waals surface area contributed by atoms with Gasteiger partial charge in [0.05, 0.1) is 4.92 Å². The second-order valence-electron chi connectivity index (χ2n) is 27.2. The zero-order chi connectivity index (χ0) is 75.0. The SMILES string of the molecule is CCCCCCC(=O)NCCC.CCCCCCCN(CCC)C(=O)OC(C)(C)C.CCCCCCCN(CCN)C(=O)OC(C)(C)C.CCCCCCCN(CCNC(=O)Oc1ccc([N+](=O)[O-])cc1)C(=O)OC(C)(C)C.CCCCCCCNCCC.CCCN.NCCN. The topological polar surface area (TPSA) is 315 Å². The van der Waals surface area contributed by atoms with Crippen LogP contribution in [-0.2, 0) is 19.0 Å². The molecule has 5 amide bonds. The maximum atomic E-state index is 12.4. The van der Waals surface area contributed by atoms with Gasteiger partial charge in [-0.25, -0.2) is 19.2 Å². The summed E-state index contributed by atoms with van der Waals surface area (Å²) in [5.74, 6) is 0.408. The van der Waals surface area contributed by atoms with E-state index in [4.69, 9.17) is 41.9 Å². The van der Waals surface area contributed by atoms with Crippen LogP contribution in [0.5, 0.6) is 5.75 Å². The Morgan fingerprint density at radius 1 is 0.392 bits per heavy atom. The van der Waals surface area contributed by atoms with Gasteiger partial charge in [-0.2, -0.15) is 0 Å². The molecule has 22 heteroatoms. The quantitative estimate of drug-likeness (QED) is 0.0138. The van der Waals surface area contributed by atoms with Gasteiger partial charge >= 0.3 is 24.4 Å². The molecule has 0 spiro atoms. The Balaban J connectivity index is -0.000000270. The molecule has 576 valence electrons. The van der Waals surface area contributed by atoms with E-state index in [1.807, 2.05) is 67.2 Å². The number of unbranched alkanes of at least 4 members (excludes halogenated alkanes) is 19. The van der Waals surface area contributed by atoms with Crippen molar-refractivity contribution >= 4 is 36.0 Å². The number of amides is 5. The number of nitro groups is 1. The fraction of sp³-hybridized carbons (Fsp3) is 0.853. The molecule has 0 saturated carbocycles. The van der Waals surface area contributed by atoms with Crippen molar-refractivity contribution in [2.45, 2.75) is 328 Å². The lowest BCUT2D eigenvalue weighted by atomic mass is 10.1. The van der Waals surface area contributed by atoms with Gasteiger partial charge in [0.2, 0.25) is 5.91 Å². The fourth-order valence-corrected chi connectivity index (χ4v) is 8.30. The smallest absolute Gasteiger partial charge is 0.412 e. The second kappa shape index (κ2) is 73.7. The first-order valence-corrected chi connectivity index (χ1v) is 37.9. The van der Waals surface area contributed by atoms with Crippen molar-refractivity contribution in [2.24, 2.45) is 22.9 Å². The number of hydrogen-bond donors (Lipinski definition) is 7. The van der Waals surface area contributed by atoms with Crippen LogP contribution in [0.3, 0.4) is 0 Å². The predicted octanol–water partition coefficient (Wildman–Crippen LogP) is 17.3. The van der Waals surface area contributed by atoms with Gasteiger partial charge in [0.15, 0.2) is 0 Å². The number of nitrogens with two attached hydrogens (primary N) is 4. The summed E-state index contributed by atoms with van der Waals surface area (Å²) in [5.41, 5.74) is 18.8. The van der Waals surface area contributed by atoms with E-state index in [9.17, 15) is 34.1 Å². The number of carbonyl (C=O) groups excluding carboxylic acids is 5. The molecule has 97 heavy (non-hydrogen) atoms. The van der Waals surface area contributed by atoms with Gasteiger partial charge in [0.1, 0.15) is 22.6 Å². The Morgan fingerprint density at radius 2 is 0.753 bits per heavy atom. The highest BCUT2D eigenvalue weighted by Crippen LogP contribution is 2.18. The number of benzene rings is 1. The molecule has 0 radical (unpaired) electrons. The summed E-state index contributed by atoms with van der Waals surface area (Å²) < 4.78 is 21.3. The van der Waals surface area contributed by atoms with Crippen molar-refractivity contribution in [1.29, 1.82) is 0 Å². The molecule has 1 aromatic rings. The van der Waals surface area contributed by atoms with Crippen LogP contribution in [0.25, 0.3) is 0 Å². The molecule has 0 bridgehead atoms. The molecule has 0 saturated heterocycles. The minimum absolute atomic E-state index is 0.0882. The Hall–Kier alpha value is -5.03. The number of carbonyl (C=O) groups is 5. The number of ether oxygens (including phenoxy) is 4. The summed E-state index contributed by atoms with van der Waals surface area (Å²) in [4.78, 5) is 74.6. The van der Waals surface area contributed by atoms with E-state index < -0.39 is 33.9 Å². The number of hydrogen-bond acceptors (Lipinski definition) is 16. The Labute approximate surface area is 594 Å². The van der Waals surface area contributed by atoms with Crippen molar-refractivity contribution in [3.63, 3.8) is 0 Å². The molecule has 0 heterocycles. The van der Waals surface area contributed by atoms with Crippen molar-refractivity contribution in [3.05, 3.63) is 34.4 Å². The van der Waals surface area contributed by atoms with Crippen molar-refractivity contribution < 1.29 is 47.8 Å². The first-order chi connectivity index (χ1) is 46.0. The van der Waals surface area contributed by atoms with Crippen LogP contribution in [0.4, 0.5) is 24.9 Å². The third-order valence-electron chi connectivity index (χ3n) is 13.5. The van der Waals surface area contributed by atoms with E-state index in [-0.39, 0.29) is 42.6 Å². The van der Waals surface area contributed by atoms with Crippen molar-refractivity contribution in [1.82, 2.24) is 30.7 Å². The molecular formula is C75H155N11O11. The van der Waals surface area contributed by atoms with E-state index in [0.29, 0.717) is 39.1 Å². The predicted molar refractivity (Wildman–Crippen MR) is 408 cm³/mol. The van der Waals surface area contributed by atoms with Crippen LogP contribution in [0.15, 0.2) is 24.3 Å². The molecule has 1 aromatic carbocycles. The Kier molecular flexibility index (Phi) is 78.2. The zero-order valence-corrected chi connectivity index (χ0v) is 65.8. The maximum absolute atomic E-state index is 12.4. The number of non-ortho nitro benzene ring substituents is 1. The summed E-state index contributed by atoms with van der Waals surface area (Å²) in [7, 11) is 0. The molecule has 0 fully saturated rings. The van der Waals surface area contributed by atoms with Gasteiger partial charge in [-0.1, -0.05) is 184 Å². The molecule has 0 aliphatic heterocycles. The van der Waals surface area contributed by atoms with Crippen LogP contribution < -0.4 is 43.6 Å². The first kappa shape index (κ1) is 103. The number of rotatable bonds is 44. The van der Waals surface area contributed by atoms with Gasteiger partial charge in [-0.05, 0) is 152 Å². The fourth-order valence-electron chi connectivity index (χ4n) is 8.30. The lowest BCUT2D eigenvalue weighted by molar-refractivity contribution is -0.384. The monoisotopic (exact) mass is 1390 g/mol. The first-order valence-electron chi connectivity index (χ1n) is 37.9. The minimum Gasteiger partial charge on any atom is -0.444 e. The second-order valence-corrected chi connectivity index (χ2v) is 27.2. The van der Waals surface area contributed by atoms with Crippen LogP contribution >= 0.6 is 0 Å². The van der Waals surface area contributed by atoms with Gasteiger partial charge in [-0.15, -0.1) is 0 Å². The van der Waals surface area contributed by atoms with E-state index in [0.717, 1.165) is 103 Å². The van der Waals surface area contributed by atoms with E-state index in [2.05, 4.69) is 78.3 Å². The average Bonchev–Trinajstić information content (AvgIpc) is 3.56. The van der Waals surface area contributed by atoms with E-state index in [1.54, 1.807) is 9.80 Å². The van der Waals surface area contributed by atoms with Gasteiger partial charge < -0.3 is 72.5 Å². The third-order valence-corrected chi connectivity index (χ3v) is 13.5. The van der Waals surface area contributed by atoms with Gasteiger partial charge in [0, 0.05) is 90.5 Å². The van der Waals surface area contributed by atoms with Crippen molar-refractivity contribution in [2.75, 3.05) is 91.6 Å². The number of nitrogens with zero attached hydrogens (tertiary/aromatic N) is 4. The molecule has 0 aliphatic rings. The molecular weight excluding hydrogens is 1230 g/mol. The van der Waals surface area contributed by atoms with E-state index >= 15 is 0 Å². The van der Waals surface area contributed by atoms with Crippen LogP contribution in [0.1, 0.15) is 311 Å². The van der Waals surface area contributed by atoms with Crippen LogP contribution in [0.2, 0.25) is 0 Å². The molecule has 0 aromatic heterocycles. The van der Waals surface area contributed by atoms with Gasteiger partial charge in [-0.3, -0.25) is 14.9 Å². The molecule has 11 N–H and O–H groups in total. The standard InChI is InChI=1S/C21H33N3O6.C15H31NO2.C14H30N2O2.C10H21NO.C10H23N.C3H9N.C2H8N2/c1-5-6-7-8-9-15-23(20(26)30-21(2,3)4)16-14-22-19(25)29-18-12-10-17(11-13-18)24(27)28;1-6-8-9-10-11-13-16(12-7-2)14(17)18-15(3,4)5;1-5-6-7-8-9-11-16(12-10-15)13(17)18-14(2,3)4;1-3-5-6-7-8-10(12)11-9-4-2;1-3-5-6-7-8-10-11-9-4-2;1-2-3-4;3-1-2-4/h10-13H,5-9,14-16H2,1-4H3,(H,22,25);6-13H2,1-5H3;5-12,15H2,1-4H3;3-9H2,1-2H3,(H,11,12);11H,3-10H2,1-2H3;2-4H2,1H3;1-4H2. The molecule has 22 nitrogen and oxygen atoms in total. The summed E-state index contributed by atoms with van der Waals surface area (Å²) >= 11 is 0. The minimum atomic E-state index is -0.698. The summed E-state index contributed by atoms with van der Waals surface area (Å²) in [6, 6.07) is 5.21. The normalized spacial score (nSPS) is 10.6. The molecule has 0 unspecified atom stereocenters. The Morgan fingerprint density at radius 3 is 1.08 bits per heavy atom. The van der Waals surface area contributed by atoms with Crippen LogP contribution in [-0.4, -0.2) is 158 Å². The third kappa shape index (κ3) is 83.3. The average molecular weight is 1390 g/mol.